The number of halogens is 1. The summed E-state index contributed by atoms with van der Waals surface area (Å²) >= 11 is 0. The van der Waals surface area contributed by atoms with Crippen LogP contribution in [0, 0.1) is 0 Å². The molecule has 6 nitrogen and oxygen atoms in total. The first-order valence-electron chi connectivity index (χ1n) is 6.37. The van der Waals surface area contributed by atoms with Crippen molar-refractivity contribution < 1.29 is 4.74 Å². The van der Waals surface area contributed by atoms with E-state index in [1.165, 1.54) is 5.56 Å². The lowest BCUT2D eigenvalue weighted by molar-refractivity contribution is 0.118. The molecule has 1 atom stereocenters. The van der Waals surface area contributed by atoms with E-state index < -0.39 is 0 Å². The van der Waals surface area contributed by atoms with Gasteiger partial charge in [0, 0.05) is 26.4 Å². The van der Waals surface area contributed by atoms with Crippen LogP contribution in [-0.4, -0.2) is 41.5 Å². The predicted octanol–water partition coefficient (Wildman–Crippen LogP) is 0.664. The second-order valence-corrected chi connectivity index (χ2v) is 4.56. The van der Waals surface area contributed by atoms with Gasteiger partial charge in [-0.2, -0.15) is 5.10 Å². The van der Waals surface area contributed by atoms with Gasteiger partial charge >= 0.3 is 0 Å². The van der Waals surface area contributed by atoms with E-state index in [4.69, 9.17) is 10.5 Å². The molecule has 1 unspecified atom stereocenters. The number of aryl methyl sites for hydroxylation is 1. The van der Waals surface area contributed by atoms with Gasteiger partial charge in [0.05, 0.1) is 18.8 Å². The van der Waals surface area contributed by atoms with Crippen molar-refractivity contribution in [2.24, 2.45) is 17.8 Å². The Hall–Kier alpha value is -0.830. The monoisotopic (exact) mass is 379 g/mol. The molecule has 2 heterocycles. The van der Waals surface area contributed by atoms with Gasteiger partial charge in [0.1, 0.15) is 0 Å². The highest BCUT2D eigenvalue weighted by atomic mass is 127. The van der Waals surface area contributed by atoms with E-state index in [2.05, 4.69) is 15.4 Å². The van der Waals surface area contributed by atoms with Crippen LogP contribution in [0.15, 0.2) is 17.4 Å². The van der Waals surface area contributed by atoms with Crippen molar-refractivity contribution in [1.29, 1.82) is 0 Å². The number of nitrogens with one attached hydrogen (secondary N) is 1. The Labute approximate surface area is 130 Å². The molecule has 0 aliphatic carbocycles. The van der Waals surface area contributed by atoms with Crippen molar-refractivity contribution in [1.82, 2.24) is 15.1 Å². The maximum atomic E-state index is 5.78. The van der Waals surface area contributed by atoms with E-state index in [1.807, 2.05) is 19.4 Å². The Morgan fingerprint density at radius 1 is 1.68 bits per heavy atom. The summed E-state index contributed by atoms with van der Waals surface area (Å²) in [5.41, 5.74) is 6.98. The summed E-state index contributed by atoms with van der Waals surface area (Å²) in [4.78, 5) is 4.28. The summed E-state index contributed by atoms with van der Waals surface area (Å²) < 4.78 is 7.27. The summed E-state index contributed by atoms with van der Waals surface area (Å²) in [6.45, 7) is 2.28. The molecular formula is C12H22IN5O. The first-order chi connectivity index (χ1) is 8.74. The zero-order valence-electron chi connectivity index (χ0n) is 11.2. The van der Waals surface area contributed by atoms with Gasteiger partial charge in [-0.15, -0.1) is 24.0 Å². The van der Waals surface area contributed by atoms with Crippen LogP contribution < -0.4 is 11.1 Å². The molecule has 3 N–H and O–H groups in total. The van der Waals surface area contributed by atoms with E-state index in [1.54, 1.807) is 4.68 Å². The molecule has 108 valence electrons. The Balaban J connectivity index is 0.00000180. The second-order valence-electron chi connectivity index (χ2n) is 4.56. The molecule has 1 aromatic heterocycles. The quantitative estimate of drug-likeness (QED) is 0.448. The lowest BCUT2D eigenvalue weighted by atomic mass is 10.2. The van der Waals surface area contributed by atoms with Gasteiger partial charge in [-0.05, 0) is 24.8 Å². The van der Waals surface area contributed by atoms with Crippen LogP contribution in [0.3, 0.4) is 0 Å². The molecule has 0 saturated carbocycles. The summed E-state index contributed by atoms with van der Waals surface area (Å²) in [5, 5.41) is 7.21. The number of ether oxygens (including phenoxy) is 1. The number of rotatable bonds is 5. The fraction of sp³-hybridized carbons (Fsp3) is 0.667. The average Bonchev–Trinajstić information content (AvgIpc) is 2.98. The first kappa shape index (κ1) is 16.2. The van der Waals surface area contributed by atoms with Crippen LogP contribution >= 0.6 is 24.0 Å². The van der Waals surface area contributed by atoms with Gasteiger partial charge in [0.2, 0.25) is 0 Å². The molecule has 0 amide bonds. The van der Waals surface area contributed by atoms with E-state index in [0.717, 1.165) is 32.4 Å². The van der Waals surface area contributed by atoms with Crippen LogP contribution in [0.1, 0.15) is 18.4 Å². The van der Waals surface area contributed by atoms with Crippen molar-refractivity contribution in [3.8, 4) is 0 Å². The number of nitrogens with zero attached hydrogens (tertiary/aromatic N) is 3. The largest absolute Gasteiger partial charge is 0.376 e. The zero-order valence-corrected chi connectivity index (χ0v) is 13.5. The smallest absolute Gasteiger partial charge is 0.188 e. The molecule has 1 aromatic rings. The van der Waals surface area contributed by atoms with Crippen LogP contribution in [0.5, 0.6) is 0 Å². The van der Waals surface area contributed by atoms with Gasteiger partial charge in [-0.3, -0.25) is 9.67 Å². The maximum Gasteiger partial charge on any atom is 0.188 e. The fourth-order valence-corrected chi connectivity index (χ4v) is 1.98. The molecule has 0 aromatic carbocycles. The number of nitrogens with two attached hydrogens (primary N) is 1. The summed E-state index contributed by atoms with van der Waals surface area (Å²) in [6.07, 6.45) is 7.23. The molecular weight excluding hydrogens is 357 g/mol. The zero-order chi connectivity index (χ0) is 12.8. The lowest BCUT2D eigenvalue weighted by Gasteiger charge is -2.07. The third kappa shape index (κ3) is 5.77. The lowest BCUT2D eigenvalue weighted by Crippen LogP contribution is -2.34. The molecule has 7 heteroatoms. The minimum absolute atomic E-state index is 0. The minimum atomic E-state index is 0. The SMILES string of the molecule is Cn1cc(CCNC(N)=NCC2CCCO2)cn1.I. The number of guanidine groups is 1. The Bertz CT molecular complexity index is 401. The highest BCUT2D eigenvalue weighted by molar-refractivity contribution is 14.0. The van der Waals surface area contributed by atoms with Crippen LogP contribution in [-0.2, 0) is 18.2 Å². The average molecular weight is 379 g/mol. The Morgan fingerprint density at radius 3 is 3.16 bits per heavy atom. The van der Waals surface area contributed by atoms with Gasteiger partial charge in [0.25, 0.3) is 0 Å². The fourth-order valence-electron chi connectivity index (χ4n) is 1.98. The Morgan fingerprint density at radius 2 is 2.53 bits per heavy atom. The van der Waals surface area contributed by atoms with Gasteiger partial charge in [-0.1, -0.05) is 0 Å². The first-order valence-corrected chi connectivity index (χ1v) is 6.37. The molecule has 0 spiro atoms. The van der Waals surface area contributed by atoms with Crippen molar-refractivity contribution in [2.75, 3.05) is 19.7 Å². The second kappa shape index (κ2) is 8.36. The van der Waals surface area contributed by atoms with Crippen molar-refractivity contribution in [2.45, 2.75) is 25.4 Å². The van der Waals surface area contributed by atoms with Crippen molar-refractivity contribution in [3.63, 3.8) is 0 Å². The molecule has 0 bridgehead atoms. The molecule has 1 aliphatic heterocycles. The molecule has 1 aliphatic rings. The standard InChI is InChI=1S/C12H21N5O.HI/c1-17-9-10(7-16-17)4-5-14-12(13)15-8-11-3-2-6-18-11;/h7,9,11H,2-6,8H2,1H3,(H3,13,14,15);1H. The Kier molecular flexibility index (Phi) is 7.14. The van der Waals surface area contributed by atoms with Gasteiger partial charge < -0.3 is 15.8 Å². The summed E-state index contributed by atoms with van der Waals surface area (Å²) in [7, 11) is 1.91. The summed E-state index contributed by atoms with van der Waals surface area (Å²) in [6, 6.07) is 0. The maximum absolute atomic E-state index is 5.78. The van der Waals surface area contributed by atoms with Crippen LogP contribution in [0.25, 0.3) is 0 Å². The molecule has 1 fully saturated rings. The topological polar surface area (TPSA) is 77.5 Å². The van der Waals surface area contributed by atoms with E-state index in [9.17, 15) is 0 Å². The minimum Gasteiger partial charge on any atom is -0.376 e. The number of aromatic nitrogens is 2. The highest BCUT2D eigenvalue weighted by Crippen LogP contribution is 2.11. The van der Waals surface area contributed by atoms with Gasteiger partial charge in [-0.25, -0.2) is 0 Å². The number of hydrogen-bond donors (Lipinski definition) is 2. The van der Waals surface area contributed by atoms with E-state index in [0.29, 0.717) is 12.5 Å². The third-order valence-electron chi connectivity index (χ3n) is 2.97. The number of hydrogen-bond acceptors (Lipinski definition) is 3. The molecule has 0 radical (unpaired) electrons. The predicted molar refractivity (Wildman–Crippen MR) is 85.8 cm³/mol. The van der Waals surface area contributed by atoms with Crippen LogP contribution in [0.2, 0.25) is 0 Å². The van der Waals surface area contributed by atoms with Gasteiger partial charge in [0.15, 0.2) is 5.96 Å². The van der Waals surface area contributed by atoms with E-state index >= 15 is 0 Å². The third-order valence-corrected chi connectivity index (χ3v) is 2.97. The van der Waals surface area contributed by atoms with E-state index in [-0.39, 0.29) is 30.1 Å². The van der Waals surface area contributed by atoms with Crippen molar-refractivity contribution in [3.05, 3.63) is 18.0 Å². The summed E-state index contributed by atoms with van der Waals surface area (Å²) in [5.74, 6) is 0.495. The molecule has 2 rings (SSSR count). The van der Waals surface area contributed by atoms with Crippen LogP contribution in [0.4, 0.5) is 0 Å². The normalized spacial score (nSPS) is 19.2. The molecule has 19 heavy (non-hydrogen) atoms. The van der Waals surface area contributed by atoms with Crippen molar-refractivity contribution >= 4 is 29.9 Å². The number of aliphatic imine (C=N–C) groups is 1. The molecule has 1 saturated heterocycles. The highest BCUT2D eigenvalue weighted by Gasteiger charge is 2.14.